The Labute approximate surface area is 108 Å². The van der Waals surface area contributed by atoms with Crippen LogP contribution in [0.25, 0.3) is 0 Å². The molecule has 0 saturated carbocycles. The summed E-state index contributed by atoms with van der Waals surface area (Å²) in [5.74, 6) is 0. The largest absolute Gasteiger partial charge is 0.418 e. The van der Waals surface area contributed by atoms with Crippen molar-refractivity contribution in [3.63, 3.8) is 0 Å². The molecule has 1 aromatic rings. The maximum atomic E-state index is 12.7. The van der Waals surface area contributed by atoms with Crippen LogP contribution >= 0.6 is 10.7 Å². The molecule has 0 bridgehead atoms. The van der Waals surface area contributed by atoms with E-state index in [0.717, 1.165) is 0 Å². The molecule has 11 heteroatoms. The monoisotopic (exact) mass is 324 g/mol. The molecule has 0 aliphatic heterocycles. The molecule has 0 aliphatic rings. The summed E-state index contributed by atoms with van der Waals surface area (Å²) in [7, 11) is 0.325. The Morgan fingerprint density at radius 1 is 1.37 bits per heavy atom. The van der Waals surface area contributed by atoms with Crippen molar-refractivity contribution < 1.29 is 30.4 Å². The van der Waals surface area contributed by atoms with Crippen LogP contribution in [0.15, 0.2) is 11.1 Å². The van der Waals surface area contributed by atoms with Crippen LogP contribution in [0, 0.1) is 0 Å². The van der Waals surface area contributed by atoms with E-state index in [0.29, 0.717) is 6.07 Å². The fraction of sp³-hybridized carbons (Fsp3) is 0.375. The number of hydrogen-bond acceptors (Lipinski definition) is 4. The Bertz CT molecular complexity index is 588. The van der Waals surface area contributed by atoms with E-state index in [9.17, 15) is 30.4 Å². The summed E-state index contributed by atoms with van der Waals surface area (Å²) in [6.45, 7) is -0.795. The second kappa shape index (κ2) is 5.17. The van der Waals surface area contributed by atoms with Gasteiger partial charge in [-0.05, 0) is 11.6 Å². The van der Waals surface area contributed by atoms with Gasteiger partial charge < -0.3 is 5.73 Å². The van der Waals surface area contributed by atoms with E-state index in [-0.39, 0.29) is 0 Å². The number of halogens is 6. The van der Waals surface area contributed by atoms with Gasteiger partial charge in [-0.1, -0.05) is 0 Å². The minimum Gasteiger partial charge on any atom is -0.326 e. The summed E-state index contributed by atoms with van der Waals surface area (Å²) in [4.78, 5) is 2.77. The third-order valence-electron chi connectivity index (χ3n) is 2.07. The second-order valence-corrected chi connectivity index (χ2v) is 5.83. The Kier molecular flexibility index (Phi) is 4.37. The number of alkyl halides is 5. The molecule has 0 amide bonds. The van der Waals surface area contributed by atoms with Crippen LogP contribution in [0.3, 0.4) is 0 Å². The Morgan fingerprint density at radius 2 is 1.89 bits per heavy atom. The van der Waals surface area contributed by atoms with E-state index in [1.165, 1.54) is 0 Å². The Hall–Kier alpha value is -1.00. The number of nitrogens with zero attached hydrogens (tertiary/aromatic N) is 1. The van der Waals surface area contributed by atoms with Gasteiger partial charge in [-0.15, -0.1) is 0 Å². The van der Waals surface area contributed by atoms with Crippen LogP contribution in [0.1, 0.15) is 23.2 Å². The lowest BCUT2D eigenvalue weighted by atomic mass is 10.1. The smallest absolute Gasteiger partial charge is 0.326 e. The van der Waals surface area contributed by atoms with Crippen molar-refractivity contribution in [1.82, 2.24) is 4.98 Å². The van der Waals surface area contributed by atoms with Gasteiger partial charge in [0, 0.05) is 17.2 Å². The van der Waals surface area contributed by atoms with Gasteiger partial charge in [0.2, 0.25) is 0 Å². The molecule has 0 radical (unpaired) electrons. The highest BCUT2D eigenvalue weighted by Crippen LogP contribution is 2.38. The molecule has 19 heavy (non-hydrogen) atoms. The van der Waals surface area contributed by atoms with Crippen molar-refractivity contribution in [2.24, 2.45) is 5.73 Å². The minimum absolute atomic E-state index is 0.428. The lowest BCUT2D eigenvalue weighted by Gasteiger charge is -2.16. The van der Waals surface area contributed by atoms with E-state index < -0.39 is 50.0 Å². The predicted molar refractivity (Wildman–Crippen MR) is 55.1 cm³/mol. The molecule has 4 nitrogen and oxygen atoms in total. The van der Waals surface area contributed by atoms with Gasteiger partial charge in [-0.25, -0.2) is 22.2 Å². The lowest BCUT2D eigenvalue weighted by molar-refractivity contribution is -0.140. The van der Waals surface area contributed by atoms with Crippen molar-refractivity contribution in [3.8, 4) is 0 Å². The average molecular weight is 325 g/mol. The molecule has 0 fully saturated rings. The van der Waals surface area contributed by atoms with Crippen LogP contribution < -0.4 is 5.73 Å². The molecule has 108 valence electrons. The molecule has 0 spiro atoms. The highest BCUT2D eigenvalue weighted by Gasteiger charge is 2.40. The van der Waals surface area contributed by atoms with Gasteiger partial charge in [0.05, 0.1) is 5.56 Å². The zero-order valence-corrected chi connectivity index (χ0v) is 10.5. The van der Waals surface area contributed by atoms with Crippen LogP contribution in [0.2, 0.25) is 0 Å². The number of hydrogen-bond donors (Lipinski definition) is 1. The maximum Gasteiger partial charge on any atom is 0.418 e. The minimum atomic E-state index is -5.14. The Morgan fingerprint density at radius 3 is 2.21 bits per heavy atom. The summed E-state index contributed by atoms with van der Waals surface area (Å²) >= 11 is 0. The molecule has 0 atom stereocenters. The third-order valence-corrected chi connectivity index (χ3v) is 3.25. The SMILES string of the molecule is NCc1cc(S(=O)(=O)Cl)nc(C(F)F)c1C(F)(F)F. The summed E-state index contributed by atoms with van der Waals surface area (Å²) in [6.07, 6.45) is -8.76. The molecule has 1 heterocycles. The zero-order valence-electron chi connectivity index (χ0n) is 8.88. The quantitative estimate of drug-likeness (QED) is 0.684. The molecular formula is C8H6ClF5N2O2S. The number of pyridine rings is 1. The van der Waals surface area contributed by atoms with Gasteiger partial charge >= 0.3 is 6.18 Å². The van der Waals surface area contributed by atoms with E-state index in [2.05, 4.69) is 4.98 Å². The first-order valence-electron chi connectivity index (χ1n) is 4.52. The average Bonchev–Trinajstić information content (AvgIpc) is 2.24. The first-order valence-corrected chi connectivity index (χ1v) is 6.83. The molecular weight excluding hydrogens is 319 g/mol. The van der Waals surface area contributed by atoms with Crippen molar-refractivity contribution in [2.45, 2.75) is 24.2 Å². The number of aromatic nitrogens is 1. The first-order chi connectivity index (χ1) is 8.48. The van der Waals surface area contributed by atoms with Crippen LogP contribution in [-0.2, 0) is 21.8 Å². The molecule has 0 aromatic carbocycles. The van der Waals surface area contributed by atoms with Gasteiger partial charge in [-0.3, -0.25) is 0 Å². The van der Waals surface area contributed by atoms with Crippen LogP contribution in [-0.4, -0.2) is 13.4 Å². The summed E-state index contributed by atoms with van der Waals surface area (Å²) < 4.78 is 85.2. The van der Waals surface area contributed by atoms with Crippen molar-refractivity contribution >= 4 is 19.7 Å². The summed E-state index contributed by atoms with van der Waals surface area (Å²) in [5.41, 5.74) is 0.741. The fourth-order valence-electron chi connectivity index (χ4n) is 1.36. The highest BCUT2D eigenvalue weighted by molar-refractivity contribution is 8.13. The second-order valence-electron chi connectivity index (χ2n) is 3.32. The Balaban J connectivity index is 3.74. The van der Waals surface area contributed by atoms with Crippen LogP contribution in [0.5, 0.6) is 0 Å². The van der Waals surface area contributed by atoms with Crippen LogP contribution in [0.4, 0.5) is 22.0 Å². The van der Waals surface area contributed by atoms with E-state index in [4.69, 9.17) is 16.4 Å². The highest BCUT2D eigenvalue weighted by atomic mass is 35.7. The predicted octanol–water partition coefficient (Wildman–Crippen LogP) is 2.42. The van der Waals surface area contributed by atoms with Gasteiger partial charge in [0.25, 0.3) is 15.5 Å². The van der Waals surface area contributed by atoms with Gasteiger partial charge in [0.15, 0.2) is 5.03 Å². The van der Waals surface area contributed by atoms with Gasteiger partial charge in [-0.2, -0.15) is 13.2 Å². The first kappa shape index (κ1) is 16.1. The summed E-state index contributed by atoms with van der Waals surface area (Å²) in [6, 6.07) is 0.428. The molecule has 0 unspecified atom stereocenters. The molecule has 0 saturated heterocycles. The van der Waals surface area contributed by atoms with E-state index in [1.54, 1.807) is 0 Å². The van der Waals surface area contributed by atoms with Crippen molar-refractivity contribution in [2.75, 3.05) is 0 Å². The molecule has 0 aliphatic carbocycles. The third kappa shape index (κ3) is 3.51. The van der Waals surface area contributed by atoms with Crippen molar-refractivity contribution in [3.05, 3.63) is 22.9 Å². The number of nitrogens with two attached hydrogens (primary N) is 1. The standard InChI is InChI=1S/C8H6ClF5N2O2S/c9-19(17,18)4-1-3(2-15)5(8(12,13)14)6(16-4)7(10)11/h1,7H,2,15H2. The molecule has 2 N–H and O–H groups in total. The maximum absolute atomic E-state index is 12.7. The van der Waals surface area contributed by atoms with Crippen molar-refractivity contribution in [1.29, 1.82) is 0 Å². The van der Waals surface area contributed by atoms with E-state index in [1.807, 2.05) is 0 Å². The topological polar surface area (TPSA) is 73.1 Å². The number of rotatable bonds is 3. The summed E-state index contributed by atoms with van der Waals surface area (Å²) in [5, 5.41) is -1.10. The lowest BCUT2D eigenvalue weighted by Crippen LogP contribution is -2.18. The molecule has 1 rings (SSSR count). The van der Waals surface area contributed by atoms with E-state index >= 15 is 0 Å². The normalized spacial score (nSPS) is 13.1. The zero-order chi connectivity index (χ0) is 15.0. The van der Waals surface area contributed by atoms with Gasteiger partial charge in [0.1, 0.15) is 5.69 Å². The fourth-order valence-corrected chi connectivity index (χ4v) is 2.09. The molecule has 1 aromatic heterocycles.